The zero-order chi connectivity index (χ0) is 16.0. The Morgan fingerprint density at radius 2 is 2.05 bits per heavy atom. The van der Waals surface area contributed by atoms with Gasteiger partial charge in [-0.05, 0) is 32.9 Å². The van der Waals surface area contributed by atoms with E-state index in [0.717, 1.165) is 6.07 Å². The lowest BCUT2D eigenvalue weighted by Crippen LogP contribution is -2.32. The van der Waals surface area contributed by atoms with Gasteiger partial charge in [-0.3, -0.25) is 0 Å². The van der Waals surface area contributed by atoms with Gasteiger partial charge in [-0.25, -0.2) is 14.0 Å². The molecule has 112 valence electrons. The van der Waals surface area contributed by atoms with Crippen molar-refractivity contribution in [2.24, 2.45) is 0 Å². The minimum Gasteiger partial charge on any atom is -0.478 e. The summed E-state index contributed by atoms with van der Waals surface area (Å²) in [4.78, 5) is 22.1. The van der Waals surface area contributed by atoms with Crippen molar-refractivity contribution in [3.63, 3.8) is 0 Å². The Morgan fingerprint density at radius 1 is 1.38 bits per heavy atom. The molecule has 0 aliphatic carbocycles. The molecule has 0 unspecified atom stereocenters. The summed E-state index contributed by atoms with van der Waals surface area (Å²) < 4.78 is 18.7. The van der Waals surface area contributed by atoms with Gasteiger partial charge in [-0.15, -0.1) is 0 Å². The molecule has 0 saturated heterocycles. The van der Waals surface area contributed by atoms with Crippen LogP contribution >= 0.6 is 0 Å². The van der Waals surface area contributed by atoms with Crippen LogP contribution in [0.2, 0.25) is 0 Å². The fraction of sp³-hybridized carbons (Fsp3) is 0.333. The van der Waals surface area contributed by atoms with Crippen LogP contribution in [0.4, 0.5) is 9.18 Å². The van der Waals surface area contributed by atoms with Gasteiger partial charge < -0.3 is 15.2 Å². The second kappa shape index (κ2) is 6.75. The first-order valence-electron chi connectivity index (χ1n) is 6.18. The molecule has 0 aliphatic heterocycles. The first kappa shape index (κ1) is 16.5. The summed E-state index contributed by atoms with van der Waals surface area (Å²) in [5.74, 6) is 2.75. The van der Waals surface area contributed by atoms with E-state index in [1.165, 1.54) is 12.1 Å². The van der Waals surface area contributed by atoms with Crippen LogP contribution < -0.4 is 5.32 Å². The van der Waals surface area contributed by atoms with Gasteiger partial charge in [-0.1, -0.05) is 17.9 Å². The zero-order valence-corrected chi connectivity index (χ0v) is 12.0. The van der Waals surface area contributed by atoms with E-state index >= 15 is 0 Å². The van der Waals surface area contributed by atoms with Crippen molar-refractivity contribution in [1.82, 2.24) is 5.32 Å². The van der Waals surface area contributed by atoms with Crippen LogP contribution in [0, 0.1) is 17.7 Å². The predicted octanol–water partition coefficient (Wildman–Crippen LogP) is 2.40. The molecule has 6 heteroatoms. The maximum absolute atomic E-state index is 13.7. The monoisotopic (exact) mass is 293 g/mol. The van der Waals surface area contributed by atoms with Crippen LogP contribution in [0.3, 0.4) is 0 Å². The van der Waals surface area contributed by atoms with Crippen molar-refractivity contribution in [1.29, 1.82) is 0 Å². The Balaban J connectivity index is 2.66. The highest BCUT2D eigenvalue weighted by atomic mass is 19.1. The average Bonchev–Trinajstić information content (AvgIpc) is 2.33. The Labute approximate surface area is 122 Å². The third kappa shape index (κ3) is 5.53. The molecule has 0 heterocycles. The van der Waals surface area contributed by atoms with Crippen LogP contribution in [0.5, 0.6) is 0 Å². The fourth-order valence-corrected chi connectivity index (χ4v) is 1.36. The summed E-state index contributed by atoms with van der Waals surface area (Å²) in [7, 11) is 0. The van der Waals surface area contributed by atoms with Crippen LogP contribution in [0.1, 0.15) is 36.7 Å². The molecule has 5 nitrogen and oxygen atoms in total. The van der Waals surface area contributed by atoms with E-state index in [4.69, 9.17) is 9.84 Å². The van der Waals surface area contributed by atoms with Crippen molar-refractivity contribution in [2.45, 2.75) is 26.4 Å². The lowest BCUT2D eigenvalue weighted by atomic mass is 10.1. The number of nitrogens with one attached hydrogen (secondary N) is 1. The number of halogens is 1. The van der Waals surface area contributed by atoms with Crippen molar-refractivity contribution in [3.8, 4) is 11.8 Å². The van der Waals surface area contributed by atoms with Crippen LogP contribution in [-0.4, -0.2) is 29.3 Å². The van der Waals surface area contributed by atoms with E-state index in [2.05, 4.69) is 17.2 Å². The third-order valence-corrected chi connectivity index (χ3v) is 2.17. The molecule has 2 N–H and O–H groups in total. The van der Waals surface area contributed by atoms with Gasteiger partial charge >= 0.3 is 12.1 Å². The van der Waals surface area contributed by atoms with Crippen molar-refractivity contribution in [3.05, 3.63) is 35.1 Å². The smallest absolute Gasteiger partial charge is 0.408 e. The maximum Gasteiger partial charge on any atom is 0.408 e. The number of alkyl carbamates (subject to hydrolysis) is 1. The second-order valence-corrected chi connectivity index (χ2v) is 5.13. The molecule has 0 bridgehead atoms. The van der Waals surface area contributed by atoms with Crippen molar-refractivity contribution >= 4 is 12.1 Å². The van der Waals surface area contributed by atoms with Gasteiger partial charge in [0.15, 0.2) is 5.82 Å². The number of carbonyl (C=O) groups is 2. The molecule has 0 aromatic heterocycles. The number of aromatic carboxylic acids is 1. The molecular formula is C15H16FNO4. The van der Waals surface area contributed by atoms with Gasteiger partial charge in [0.2, 0.25) is 0 Å². The molecule has 1 amide bonds. The van der Waals surface area contributed by atoms with E-state index < -0.39 is 29.0 Å². The van der Waals surface area contributed by atoms with Crippen LogP contribution in [0.15, 0.2) is 18.2 Å². The summed E-state index contributed by atoms with van der Waals surface area (Å²) in [5, 5.41) is 11.2. The molecule has 0 saturated carbocycles. The number of ether oxygens (including phenoxy) is 1. The number of amides is 1. The molecule has 0 fully saturated rings. The van der Waals surface area contributed by atoms with E-state index in [1.54, 1.807) is 20.8 Å². The standard InChI is InChI=1S/C15H16FNO4/c1-15(2,3)21-14(20)17-9-5-7-10-6-4-8-11(12(10)16)13(18)19/h4,6,8H,9H2,1-3H3,(H,17,20)(H,18,19). The number of benzene rings is 1. The molecule has 0 spiro atoms. The highest BCUT2D eigenvalue weighted by Gasteiger charge is 2.15. The summed E-state index contributed by atoms with van der Waals surface area (Å²) >= 11 is 0. The normalized spacial score (nSPS) is 10.3. The third-order valence-electron chi connectivity index (χ3n) is 2.17. The van der Waals surface area contributed by atoms with Gasteiger partial charge in [-0.2, -0.15) is 0 Å². The summed E-state index contributed by atoms with van der Waals surface area (Å²) in [6, 6.07) is 3.92. The summed E-state index contributed by atoms with van der Waals surface area (Å²) in [5.41, 5.74) is -1.10. The van der Waals surface area contributed by atoms with E-state index in [9.17, 15) is 14.0 Å². The van der Waals surface area contributed by atoms with Gasteiger partial charge in [0.1, 0.15) is 5.60 Å². The predicted molar refractivity (Wildman–Crippen MR) is 74.5 cm³/mol. The molecule has 21 heavy (non-hydrogen) atoms. The Hall–Kier alpha value is -2.55. The van der Waals surface area contributed by atoms with E-state index in [1.807, 2.05) is 0 Å². The second-order valence-electron chi connectivity index (χ2n) is 5.13. The average molecular weight is 293 g/mol. The molecule has 1 rings (SSSR count). The van der Waals surface area contributed by atoms with Crippen LogP contribution in [0.25, 0.3) is 0 Å². The molecular weight excluding hydrogens is 277 g/mol. The first-order chi connectivity index (χ1) is 9.70. The summed E-state index contributed by atoms with van der Waals surface area (Å²) in [6.07, 6.45) is -0.628. The number of carboxylic acid groups (broad SMARTS) is 1. The maximum atomic E-state index is 13.7. The van der Waals surface area contributed by atoms with Gasteiger partial charge in [0.05, 0.1) is 17.7 Å². The summed E-state index contributed by atoms with van der Waals surface area (Å²) in [6.45, 7) is 5.15. The number of rotatable bonds is 2. The van der Waals surface area contributed by atoms with Gasteiger partial charge in [0.25, 0.3) is 0 Å². The largest absolute Gasteiger partial charge is 0.478 e. The first-order valence-corrected chi connectivity index (χ1v) is 6.18. The SMILES string of the molecule is CC(C)(C)OC(=O)NCC#Cc1cccc(C(=O)O)c1F. The van der Waals surface area contributed by atoms with Gasteiger partial charge in [0, 0.05) is 0 Å². The van der Waals surface area contributed by atoms with E-state index in [0.29, 0.717) is 0 Å². The molecule has 0 aliphatic rings. The van der Waals surface area contributed by atoms with Crippen LogP contribution in [-0.2, 0) is 4.74 Å². The molecule has 0 radical (unpaired) electrons. The molecule has 0 atom stereocenters. The Morgan fingerprint density at radius 3 is 2.62 bits per heavy atom. The lowest BCUT2D eigenvalue weighted by Gasteiger charge is -2.18. The fourth-order valence-electron chi connectivity index (χ4n) is 1.36. The van der Waals surface area contributed by atoms with Crippen molar-refractivity contribution in [2.75, 3.05) is 6.54 Å². The molecule has 1 aromatic carbocycles. The van der Waals surface area contributed by atoms with Crippen molar-refractivity contribution < 1.29 is 23.8 Å². The zero-order valence-electron chi connectivity index (χ0n) is 12.0. The van der Waals surface area contributed by atoms with E-state index in [-0.39, 0.29) is 12.1 Å². The minimum absolute atomic E-state index is 0.0361. The topological polar surface area (TPSA) is 75.6 Å². The number of hydrogen-bond donors (Lipinski definition) is 2. The minimum atomic E-state index is -1.36. The number of carboxylic acids is 1. The number of carbonyl (C=O) groups excluding carboxylic acids is 1. The number of hydrogen-bond acceptors (Lipinski definition) is 3. The molecule has 1 aromatic rings. The quantitative estimate of drug-likeness (QED) is 0.821. The Bertz CT molecular complexity index is 608. The highest BCUT2D eigenvalue weighted by Crippen LogP contribution is 2.11. The highest BCUT2D eigenvalue weighted by molar-refractivity contribution is 5.88. The Kier molecular flexibility index (Phi) is 5.30. The lowest BCUT2D eigenvalue weighted by molar-refractivity contribution is 0.0534.